The Bertz CT molecular complexity index is 923. The zero-order chi connectivity index (χ0) is 19.3. The van der Waals surface area contributed by atoms with Gasteiger partial charge in [-0.15, -0.1) is 10.2 Å². The first kappa shape index (κ1) is 18.4. The first-order valence-corrected chi connectivity index (χ1v) is 9.62. The van der Waals surface area contributed by atoms with Crippen molar-refractivity contribution in [2.24, 2.45) is 5.92 Å². The molecule has 0 radical (unpaired) electrons. The summed E-state index contributed by atoms with van der Waals surface area (Å²) >= 11 is 5.88. The third kappa shape index (κ3) is 4.28. The molecule has 0 saturated carbocycles. The summed E-state index contributed by atoms with van der Waals surface area (Å²) < 4.78 is 0. The van der Waals surface area contributed by atoms with Crippen LogP contribution in [0, 0.1) is 5.92 Å². The molecule has 28 heavy (non-hydrogen) atoms. The molecular formula is C21H20ClN5O. The molecule has 1 N–H and O–H groups in total. The van der Waals surface area contributed by atoms with E-state index >= 15 is 0 Å². The van der Waals surface area contributed by atoms with E-state index in [1.165, 1.54) is 0 Å². The number of hydrogen-bond donors (Lipinski definition) is 1. The number of piperidine rings is 1. The van der Waals surface area contributed by atoms with E-state index in [0.717, 1.165) is 48.7 Å². The number of benzene rings is 1. The van der Waals surface area contributed by atoms with Crippen LogP contribution >= 0.6 is 11.6 Å². The molecule has 1 fully saturated rings. The third-order valence-electron chi connectivity index (χ3n) is 4.93. The number of carbonyl (C=O) groups is 1. The summed E-state index contributed by atoms with van der Waals surface area (Å²) in [7, 11) is 0. The minimum atomic E-state index is -0.00372. The predicted octanol–water partition coefficient (Wildman–Crippen LogP) is 4.05. The molecule has 7 heteroatoms. The first-order valence-electron chi connectivity index (χ1n) is 9.24. The van der Waals surface area contributed by atoms with Crippen molar-refractivity contribution in [3.63, 3.8) is 0 Å². The normalized spacial score (nSPS) is 14.7. The van der Waals surface area contributed by atoms with Crippen LogP contribution in [0.5, 0.6) is 0 Å². The van der Waals surface area contributed by atoms with Gasteiger partial charge in [0.05, 0.1) is 5.69 Å². The minimum absolute atomic E-state index is 0.00372. The zero-order valence-corrected chi connectivity index (χ0v) is 16.0. The molecule has 1 amide bonds. The van der Waals surface area contributed by atoms with Gasteiger partial charge in [-0.3, -0.25) is 9.78 Å². The number of nitrogens with one attached hydrogen (secondary N) is 1. The molecule has 1 saturated heterocycles. The average Bonchev–Trinajstić information content (AvgIpc) is 2.76. The van der Waals surface area contributed by atoms with Crippen LogP contribution in [0.25, 0.3) is 11.3 Å². The fraction of sp³-hybridized carbons (Fsp3) is 0.238. The van der Waals surface area contributed by atoms with Gasteiger partial charge in [-0.2, -0.15) is 0 Å². The van der Waals surface area contributed by atoms with E-state index in [1.54, 1.807) is 24.5 Å². The van der Waals surface area contributed by atoms with Gasteiger partial charge in [0.2, 0.25) is 5.91 Å². The summed E-state index contributed by atoms with van der Waals surface area (Å²) in [5.74, 6) is 0.895. The Labute approximate surface area is 168 Å². The van der Waals surface area contributed by atoms with E-state index in [2.05, 4.69) is 25.4 Å². The number of rotatable bonds is 4. The average molecular weight is 394 g/mol. The maximum atomic E-state index is 12.5. The molecule has 4 rings (SSSR count). The molecule has 1 aromatic carbocycles. The lowest BCUT2D eigenvalue weighted by Crippen LogP contribution is -2.38. The van der Waals surface area contributed by atoms with Crippen molar-refractivity contribution >= 4 is 29.0 Å². The summed E-state index contributed by atoms with van der Waals surface area (Å²) in [5, 5.41) is 12.3. The van der Waals surface area contributed by atoms with E-state index < -0.39 is 0 Å². The molecule has 6 nitrogen and oxygen atoms in total. The van der Waals surface area contributed by atoms with Gasteiger partial charge in [0.15, 0.2) is 5.82 Å². The van der Waals surface area contributed by atoms with Gasteiger partial charge >= 0.3 is 0 Å². The molecule has 0 unspecified atom stereocenters. The molecule has 3 aromatic rings. The van der Waals surface area contributed by atoms with Crippen molar-refractivity contribution in [2.45, 2.75) is 12.8 Å². The molecule has 0 bridgehead atoms. The van der Waals surface area contributed by atoms with E-state index in [9.17, 15) is 4.79 Å². The summed E-state index contributed by atoms with van der Waals surface area (Å²) in [6.07, 6.45) is 5.05. The highest BCUT2D eigenvalue weighted by atomic mass is 35.5. The second-order valence-electron chi connectivity index (χ2n) is 6.77. The number of aromatic nitrogens is 3. The second-order valence-corrected chi connectivity index (χ2v) is 7.21. The molecule has 0 aliphatic carbocycles. The Hall–Kier alpha value is -2.99. The van der Waals surface area contributed by atoms with E-state index in [0.29, 0.717) is 5.02 Å². The number of pyridine rings is 1. The Morgan fingerprint density at radius 3 is 2.32 bits per heavy atom. The fourth-order valence-corrected chi connectivity index (χ4v) is 3.44. The lowest BCUT2D eigenvalue weighted by atomic mass is 9.96. The van der Waals surface area contributed by atoms with Crippen LogP contribution in [-0.2, 0) is 4.79 Å². The van der Waals surface area contributed by atoms with Crippen molar-refractivity contribution in [3.8, 4) is 11.3 Å². The van der Waals surface area contributed by atoms with Crippen LogP contribution in [0.2, 0.25) is 5.02 Å². The van der Waals surface area contributed by atoms with Gasteiger partial charge in [-0.1, -0.05) is 11.6 Å². The Balaban J connectivity index is 1.33. The number of anilines is 2. The molecule has 1 aliphatic rings. The molecule has 2 aromatic heterocycles. The zero-order valence-electron chi connectivity index (χ0n) is 15.3. The lowest BCUT2D eigenvalue weighted by molar-refractivity contribution is -0.120. The van der Waals surface area contributed by atoms with Gasteiger partial charge in [0.25, 0.3) is 0 Å². The van der Waals surface area contributed by atoms with Crippen LogP contribution in [0.1, 0.15) is 12.8 Å². The molecule has 0 atom stereocenters. The molecule has 0 spiro atoms. The summed E-state index contributed by atoms with van der Waals surface area (Å²) in [6, 6.07) is 14.9. The van der Waals surface area contributed by atoms with Gasteiger partial charge < -0.3 is 10.2 Å². The highest BCUT2D eigenvalue weighted by molar-refractivity contribution is 6.30. The van der Waals surface area contributed by atoms with E-state index in [1.807, 2.05) is 36.4 Å². The highest BCUT2D eigenvalue weighted by Crippen LogP contribution is 2.24. The maximum absolute atomic E-state index is 12.5. The topological polar surface area (TPSA) is 71.0 Å². The quantitative estimate of drug-likeness (QED) is 0.724. The minimum Gasteiger partial charge on any atom is -0.355 e. The van der Waals surface area contributed by atoms with Crippen LogP contribution in [-0.4, -0.2) is 34.2 Å². The monoisotopic (exact) mass is 393 g/mol. The SMILES string of the molecule is O=C(Nc1ccc(Cl)cc1)C1CCN(c2ccc(-c3ccncc3)nn2)CC1. The van der Waals surface area contributed by atoms with Crippen molar-refractivity contribution in [1.29, 1.82) is 0 Å². The summed E-state index contributed by atoms with van der Waals surface area (Å²) in [4.78, 5) is 18.7. The number of carbonyl (C=O) groups excluding carboxylic acids is 1. The van der Waals surface area contributed by atoms with Crippen LogP contribution in [0.4, 0.5) is 11.5 Å². The molecule has 3 heterocycles. The number of hydrogen-bond acceptors (Lipinski definition) is 5. The highest BCUT2D eigenvalue weighted by Gasteiger charge is 2.25. The van der Waals surface area contributed by atoms with E-state index in [-0.39, 0.29) is 11.8 Å². The van der Waals surface area contributed by atoms with Gasteiger partial charge in [-0.25, -0.2) is 0 Å². The molecule has 1 aliphatic heterocycles. The van der Waals surface area contributed by atoms with Crippen LogP contribution in [0.3, 0.4) is 0 Å². The standard InChI is InChI=1S/C21H20ClN5O/c22-17-1-3-18(4-2-17)24-21(28)16-9-13-27(14-10-16)20-6-5-19(25-26-20)15-7-11-23-12-8-15/h1-8,11-12,16H,9-10,13-14H2,(H,24,28). The molecule has 142 valence electrons. The van der Waals surface area contributed by atoms with Crippen molar-refractivity contribution in [2.75, 3.05) is 23.3 Å². The lowest BCUT2D eigenvalue weighted by Gasteiger charge is -2.31. The predicted molar refractivity (Wildman–Crippen MR) is 110 cm³/mol. The summed E-state index contributed by atoms with van der Waals surface area (Å²) in [6.45, 7) is 1.56. The van der Waals surface area contributed by atoms with Crippen molar-refractivity contribution < 1.29 is 4.79 Å². The van der Waals surface area contributed by atoms with Gasteiger partial charge in [-0.05, 0) is 61.4 Å². The smallest absolute Gasteiger partial charge is 0.227 e. The Kier molecular flexibility index (Phi) is 5.48. The second kappa shape index (κ2) is 8.35. The third-order valence-corrected chi connectivity index (χ3v) is 5.18. The van der Waals surface area contributed by atoms with Crippen molar-refractivity contribution in [3.05, 3.63) is 65.9 Å². The molecular weight excluding hydrogens is 374 g/mol. The first-order chi connectivity index (χ1) is 13.7. The maximum Gasteiger partial charge on any atom is 0.227 e. The number of amides is 1. The number of nitrogens with zero attached hydrogens (tertiary/aromatic N) is 4. The van der Waals surface area contributed by atoms with Gasteiger partial charge in [0, 0.05) is 47.7 Å². The van der Waals surface area contributed by atoms with Crippen LogP contribution < -0.4 is 10.2 Å². The summed E-state index contributed by atoms with van der Waals surface area (Å²) in [5.41, 5.74) is 2.59. The Morgan fingerprint density at radius 1 is 0.964 bits per heavy atom. The Morgan fingerprint density at radius 2 is 1.68 bits per heavy atom. The van der Waals surface area contributed by atoms with Crippen molar-refractivity contribution in [1.82, 2.24) is 15.2 Å². The fourth-order valence-electron chi connectivity index (χ4n) is 3.32. The van der Waals surface area contributed by atoms with Gasteiger partial charge in [0.1, 0.15) is 0 Å². The number of halogens is 1. The largest absolute Gasteiger partial charge is 0.355 e. The van der Waals surface area contributed by atoms with Crippen LogP contribution in [0.15, 0.2) is 60.9 Å². The van der Waals surface area contributed by atoms with E-state index in [4.69, 9.17) is 11.6 Å².